The molecule has 0 spiro atoms. The average molecular weight is 597 g/mol. The van der Waals surface area contributed by atoms with E-state index in [0.717, 1.165) is 0 Å². The van der Waals surface area contributed by atoms with Crippen LogP contribution in [0.1, 0.15) is 36.4 Å². The number of fused-ring (bicyclic) bond motifs is 1. The zero-order valence-corrected chi connectivity index (χ0v) is 24.4. The summed E-state index contributed by atoms with van der Waals surface area (Å²) in [7, 11) is 5.49. The normalized spacial score (nSPS) is 22.4. The Labute approximate surface area is 239 Å². The molecule has 2 amide bonds. The second-order valence-corrected chi connectivity index (χ2v) is 13.6. The molecule has 0 radical (unpaired) electrons. The van der Waals surface area contributed by atoms with Crippen LogP contribution in [-0.4, -0.2) is 94.3 Å². The van der Waals surface area contributed by atoms with Crippen molar-refractivity contribution in [3.63, 3.8) is 0 Å². The van der Waals surface area contributed by atoms with Crippen LogP contribution in [0.15, 0.2) is 22.7 Å². The van der Waals surface area contributed by atoms with Gasteiger partial charge in [0, 0.05) is 17.1 Å². The van der Waals surface area contributed by atoms with Gasteiger partial charge in [0.05, 0.1) is 31.7 Å². The maximum atomic E-state index is 14.6. The molecule has 40 heavy (non-hydrogen) atoms. The molecule has 4 atom stereocenters. The van der Waals surface area contributed by atoms with Crippen molar-refractivity contribution in [1.82, 2.24) is 15.4 Å². The highest BCUT2D eigenvalue weighted by Crippen LogP contribution is 2.51. The van der Waals surface area contributed by atoms with E-state index in [9.17, 15) is 28.7 Å². The monoisotopic (exact) mass is 596 g/mol. The van der Waals surface area contributed by atoms with Crippen molar-refractivity contribution in [2.24, 2.45) is 0 Å². The molecule has 14 heteroatoms. The van der Waals surface area contributed by atoms with E-state index in [-0.39, 0.29) is 34.1 Å². The van der Waals surface area contributed by atoms with E-state index in [4.69, 9.17) is 20.9 Å². The lowest BCUT2D eigenvalue weighted by Crippen LogP contribution is -2.71. The topological polar surface area (TPSA) is 142 Å². The zero-order valence-electron chi connectivity index (χ0n) is 22.8. The van der Waals surface area contributed by atoms with E-state index in [1.165, 1.54) is 41.8 Å². The fourth-order valence-corrected chi connectivity index (χ4v) is 6.92. The number of β-lactam (4-membered cyclic amide) rings is 1. The number of halogens is 2. The van der Waals surface area contributed by atoms with Crippen LogP contribution in [0.3, 0.4) is 0 Å². The molecule has 0 bridgehead atoms. The van der Waals surface area contributed by atoms with Crippen LogP contribution < -0.4 is 10.4 Å². The first kappa shape index (κ1) is 29.8. The zero-order chi connectivity index (χ0) is 29.7. The lowest BCUT2D eigenvalue weighted by molar-refractivity contribution is -0.873. The quantitative estimate of drug-likeness (QED) is 0.258. The lowest BCUT2D eigenvalue weighted by atomic mass is 9.95. The molecule has 2 aromatic rings. The molecule has 1 N–H and O–H groups in total. The molecule has 3 heterocycles. The molecule has 1 unspecified atom stereocenters. The number of aliphatic carboxylic acids is 1. The van der Waals surface area contributed by atoms with Crippen LogP contribution in [0.5, 0.6) is 0 Å². The second kappa shape index (κ2) is 10.7. The number of carboxylic acids is 1. The van der Waals surface area contributed by atoms with Crippen LogP contribution in [0, 0.1) is 12.7 Å². The van der Waals surface area contributed by atoms with Gasteiger partial charge in [-0.2, -0.15) is 0 Å². The minimum Gasteiger partial charge on any atom is -0.550 e. The van der Waals surface area contributed by atoms with Gasteiger partial charge in [-0.3, -0.25) is 9.59 Å². The van der Waals surface area contributed by atoms with E-state index >= 15 is 0 Å². The molecule has 2 aliphatic rings. The molecule has 11 nitrogen and oxygen atoms in total. The maximum Gasteiger partial charge on any atom is 0.330 e. The molecule has 0 saturated carbocycles. The molecule has 2 aliphatic heterocycles. The van der Waals surface area contributed by atoms with Crippen molar-refractivity contribution < 1.29 is 42.4 Å². The predicted octanol–water partition coefficient (Wildman–Crippen LogP) is 1.36. The molecule has 216 valence electrons. The van der Waals surface area contributed by atoms with Gasteiger partial charge in [-0.05, 0) is 32.9 Å². The van der Waals surface area contributed by atoms with Gasteiger partial charge in [0.25, 0.3) is 5.91 Å². The molecule has 2 fully saturated rings. The second-order valence-electron chi connectivity index (χ2n) is 11.4. The predicted molar refractivity (Wildman–Crippen MR) is 141 cm³/mol. The summed E-state index contributed by atoms with van der Waals surface area (Å²) in [6.45, 7) is 5.24. The third kappa shape index (κ3) is 5.68. The van der Waals surface area contributed by atoms with E-state index in [1.807, 2.05) is 21.1 Å². The average Bonchev–Trinajstić information content (AvgIpc) is 3.30. The van der Waals surface area contributed by atoms with E-state index in [1.54, 1.807) is 13.8 Å². The van der Waals surface area contributed by atoms with Gasteiger partial charge in [-0.1, -0.05) is 22.8 Å². The van der Waals surface area contributed by atoms with E-state index in [0.29, 0.717) is 4.48 Å². The fraction of sp³-hybridized carbons (Fsp3) is 0.500. The summed E-state index contributed by atoms with van der Waals surface area (Å²) in [5.41, 5.74) is -0.271. The number of esters is 1. The number of benzene rings is 1. The van der Waals surface area contributed by atoms with Crippen LogP contribution in [0.2, 0.25) is 5.02 Å². The van der Waals surface area contributed by atoms with Gasteiger partial charge in [0.15, 0.2) is 6.10 Å². The molecular weight excluding hydrogens is 567 g/mol. The van der Waals surface area contributed by atoms with Gasteiger partial charge >= 0.3 is 5.97 Å². The van der Waals surface area contributed by atoms with Crippen molar-refractivity contribution in [2.75, 3.05) is 27.7 Å². The summed E-state index contributed by atoms with van der Waals surface area (Å²) in [5, 5.41) is 17.2. The highest BCUT2D eigenvalue weighted by atomic mass is 35.5. The highest BCUT2D eigenvalue weighted by Gasteiger charge is 2.64. The van der Waals surface area contributed by atoms with E-state index < -0.39 is 64.3 Å². The van der Waals surface area contributed by atoms with Crippen molar-refractivity contribution in [3.8, 4) is 11.3 Å². The van der Waals surface area contributed by atoms with Crippen molar-refractivity contribution in [2.45, 2.75) is 55.5 Å². The Morgan fingerprint density at radius 1 is 1.32 bits per heavy atom. The number of rotatable bonds is 9. The van der Waals surface area contributed by atoms with Crippen LogP contribution >= 0.6 is 23.4 Å². The summed E-state index contributed by atoms with van der Waals surface area (Å²) < 4.78 is 24.9. The number of nitrogens with one attached hydrogen (secondary N) is 1. The summed E-state index contributed by atoms with van der Waals surface area (Å²) in [5.74, 6) is -3.91. The van der Waals surface area contributed by atoms with Gasteiger partial charge in [0.1, 0.15) is 46.8 Å². The Morgan fingerprint density at radius 2 is 2.00 bits per heavy atom. The number of carbonyl (C=O) groups is 4. The molecule has 2 saturated heterocycles. The molecule has 0 aliphatic carbocycles. The SMILES string of the molecule is Cc1onc(-c2c(F)cccc2Cl)c1C(=O)N[C@@H]1C(=O)N2[C@@H]1SC(C)(C)[C@@H]2C(=O)OC(CC(=O)[O-])C[N+](C)(C)C. The van der Waals surface area contributed by atoms with Gasteiger partial charge in [-0.25, -0.2) is 9.18 Å². The number of carbonyl (C=O) groups excluding carboxylic acids is 4. The number of nitrogens with zero attached hydrogens (tertiary/aromatic N) is 3. The summed E-state index contributed by atoms with van der Waals surface area (Å²) >= 11 is 7.47. The third-order valence-electron chi connectivity index (χ3n) is 6.67. The van der Waals surface area contributed by atoms with Crippen molar-refractivity contribution in [1.29, 1.82) is 0 Å². The van der Waals surface area contributed by atoms with Crippen molar-refractivity contribution in [3.05, 3.63) is 40.4 Å². The minimum atomic E-state index is -1.35. The first-order chi connectivity index (χ1) is 18.5. The summed E-state index contributed by atoms with van der Waals surface area (Å²) in [6.07, 6.45) is -1.44. The highest BCUT2D eigenvalue weighted by molar-refractivity contribution is 8.01. The molecule has 4 rings (SSSR count). The fourth-order valence-electron chi connectivity index (χ4n) is 5.04. The number of aromatic nitrogens is 1. The number of thioether (sulfide) groups is 1. The smallest absolute Gasteiger partial charge is 0.330 e. The van der Waals surface area contributed by atoms with Crippen molar-refractivity contribution >= 4 is 47.1 Å². The number of hydrogen-bond acceptors (Lipinski definition) is 9. The molecule has 1 aromatic carbocycles. The number of quaternary nitrogens is 1. The Bertz CT molecular complexity index is 1350. The first-order valence-corrected chi connectivity index (χ1v) is 13.7. The van der Waals surface area contributed by atoms with Gasteiger partial charge in [0.2, 0.25) is 5.91 Å². The summed E-state index contributed by atoms with van der Waals surface area (Å²) in [6, 6.07) is 2.05. The maximum absolute atomic E-state index is 14.6. The number of amides is 2. The Hall–Kier alpha value is -3.16. The Morgan fingerprint density at radius 3 is 2.60 bits per heavy atom. The lowest BCUT2D eigenvalue weighted by Gasteiger charge is -2.44. The standard InChI is InChI=1S/C26H30ClFN4O7S/c1-12-17(19(30-39-12)18-14(27)8-7-9-15(18)28)22(35)29-20-23(36)31-21(26(2,3)40-24(20)31)25(37)38-13(10-16(33)34)11-32(4,5)6/h7-9,13,20-21,24H,10-11H2,1-6H3,(H-,29,33,34,35)/t13?,20-,21+,24-/m1/s1. The minimum absolute atomic E-state index is 0.0324. The number of likely N-dealkylation sites (N-methyl/N-ethyl adjacent to an activating group) is 1. The van der Waals surface area contributed by atoms with Crippen LogP contribution in [0.4, 0.5) is 4.39 Å². The first-order valence-electron chi connectivity index (χ1n) is 12.4. The largest absolute Gasteiger partial charge is 0.550 e. The number of ether oxygens (including phenoxy) is 1. The van der Waals surface area contributed by atoms with Crippen LogP contribution in [0.25, 0.3) is 11.3 Å². The number of carboxylic acid groups (broad SMARTS) is 1. The van der Waals surface area contributed by atoms with E-state index in [2.05, 4.69) is 10.5 Å². The third-order valence-corrected chi connectivity index (χ3v) is 8.56. The van der Waals surface area contributed by atoms with Crippen LogP contribution in [-0.2, 0) is 19.1 Å². The molecular formula is C26H30ClFN4O7S. The Kier molecular flexibility index (Phi) is 7.96. The number of hydrogen-bond donors (Lipinski definition) is 1. The van der Waals surface area contributed by atoms with Gasteiger partial charge in [-0.15, -0.1) is 11.8 Å². The van der Waals surface area contributed by atoms with Gasteiger partial charge < -0.3 is 33.9 Å². The summed E-state index contributed by atoms with van der Waals surface area (Å²) in [4.78, 5) is 52.5. The number of aryl methyl sites for hydroxylation is 1. The molecule has 1 aromatic heterocycles. The Balaban J connectivity index is 1.53.